The maximum absolute atomic E-state index is 12.8. The summed E-state index contributed by atoms with van der Waals surface area (Å²) < 4.78 is 6.28. The molecule has 3 aliphatic rings. The van der Waals surface area contributed by atoms with E-state index in [0.29, 0.717) is 30.5 Å². The number of piperidine rings is 1. The third-order valence-corrected chi connectivity index (χ3v) is 6.02. The fourth-order valence-corrected chi connectivity index (χ4v) is 4.49. The second kappa shape index (κ2) is 8.14. The number of carbonyl (C=O) groups excluding carboxylic acids is 3. The minimum Gasteiger partial charge on any atom is -0.489 e. The first-order valence-electron chi connectivity index (χ1n) is 10.6. The number of imide groups is 1. The molecular weight excluding hydrogens is 370 g/mol. The predicted octanol–water partition coefficient (Wildman–Crippen LogP) is 1.99. The quantitative estimate of drug-likeness (QED) is 0.715. The third kappa shape index (κ3) is 4.15. The van der Waals surface area contributed by atoms with Crippen LogP contribution in [0.15, 0.2) is 18.2 Å². The highest BCUT2D eigenvalue weighted by Gasteiger charge is 2.39. The number of nitrogens with zero attached hydrogens (tertiary/aromatic N) is 1. The van der Waals surface area contributed by atoms with Gasteiger partial charge in [0.25, 0.3) is 5.91 Å². The number of hydrogen-bond acceptors (Lipinski definition) is 5. The number of rotatable bonds is 6. The topological polar surface area (TPSA) is 87.7 Å². The molecule has 0 radical (unpaired) electrons. The Bertz CT molecular complexity index is 822. The Morgan fingerprint density at radius 2 is 2.03 bits per heavy atom. The van der Waals surface area contributed by atoms with Gasteiger partial charge in [0.15, 0.2) is 0 Å². The van der Waals surface area contributed by atoms with Gasteiger partial charge in [-0.1, -0.05) is 13.8 Å². The lowest BCUT2D eigenvalue weighted by molar-refractivity contribution is -0.136. The third-order valence-electron chi connectivity index (χ3n) is 6.02. The van der Waals surface area contributed by atoms with Crippen molar-refractivity contribution in [3.05, 3.63) is 29.3 Å². The molecule has 2 N–H and O–H groups in total. The van der Waals surface area contributed by atoms with E-state index in [1.165, 1.54) is 0 Å². The Balaban J connectivity index is 1.43. The van der Waals surface area contributed by atoms with Crippen molar-refractivity contribution in [2.24, 2.45) is 5.92 Å². The van der Waals surface area contributed by atoms with E-state index in [-0.39, 0.29) is 30.2 Å². The van der Waals surface area contributed by atoms with Crippen LogP contribution in [0.2, 0.25) is 0 Å². The second-order valence-corrected chi connectivity index (χ2v) is 8.71. The molecule has 1 aliphatic carbocycles. The largest absolute Gasteiger partial charge is 0.489 e. The highest BCUT2D eigenvalue weighted by atomic mass is 16.5. The van der Waals surface area contributed by atoms with Crippen LogP contribution in [0.3, 0.4) is 0 Å². The first-order chi connectivity index (χ1) is 13.9. The molecule has 0 aromatic heterocycles. The van der Waals surface area contributed by atoms with Crippen LogP contribution in [0, 0.1) is 5.92 Å². The molecule has 1 saturated carbocycles. The molecule has 1 unspecified atom stereocenters. The van der Waals surface area contributed by atoms with Gasteiger partial charge in [-0.3, -0.25) is 19.7 Å². The van der Waals surface area contributed by atoms with Crippen LogP contribution >= 0.6 is 0 Å². The molecule has 3 amide bonds. The van der Waals surface area contributed by atoms with Crippen LogP contribution in [0.1, 0.15) is 61.9 Å². The summed E-state index contributed by atoms with van der Waals surface area (Å²) >= 11 is 0. The summed E-state index contributed by atoms with van der Waals surface area (Å²) in [6.45, 7) is 5.74. The standard InChI is InChI=1S/C22H29N3O4/c1-13(2)11-23-17-4-3-5-19(17)29-15-6-7-16-14(10-15)12-25(22(16)28)18-8-9-20(26)24-21(18)27/h6-7,10,13,17-19,23H,3-5,8-9,11-12H2,1-2H3,(H,24,26,27)/t17-,18?,19-/m1/s1. The van der Waals surface area contributed by atoms with E-state index in [1.807, 2.05) is 12.1 Å². The Labute approximate surface area is 171 Å². The zero-order valence-electron chi connectivity index (χ0n) is 17.1. The van der Waals surface area contributed by atoms with Crippen LogP contribution in [-0.4, -0.2) is 47.4 Å². The van der Waals surface area contributed by atoms with Crippen molar-refractivity contribution in [2.45, 2.75) is 70.7 Å². The van der Waals surface area contributed by atoms with Crippen LogP contribution in [0.5, 0.6) is 5.75 Å². The average molecular weight is 399 g/mol. The first-order valence-corrected chi connectivity index (χ1v) is 10.6. The van der Waals surface area contributed by atoms with Crippen molar-refractivity contribution >= 4 is 17.7 Å². The monoisotopic (exact) mass is 399 g/mol. The van der Waals surface area contributed by atoms with Gasteiger partial charge < -0.3 is 15.0 Å². The van der Waals surface area contributed by atoms with Gasteiger partial charge in [-0.15, -0.1) is 0 Å². The molecule has 2 fully saturated rings. The molecule has 1 saturated heterocycles. The van der Waals surface area contributed by atoms with Gasteiger partial charge in [0, 0.05) is 24.6 Å². The number of nitrogens with one attached hydrogen (secondary N) is 2. The molecule has 1 aromatic carbocycles. The minimum atomic E-state index is -0.587. The summed E-state index contributed by atoms with van der Waals surface area (Å²) in [5, 5.41) is 5.94. The average Bonchev–Trinajstić information content (AvgIpc) is 3.24. The molecule has 7 heteroatoms. The van der Waals surface area contributed by atoms with Gasteiger partial charge in [-0.25, -0.2) is 0 Å². The smallest absolute Gasteiger partial charge is 0.255 e. The molecule has 2 heterocycles. The fourth-order valence-electron chi connectivity index (χ4n) is 4.49. The predicted molar refractivity (Wildman–Crippen MR) is 107 cm³/mol. The summed E-state index contributed by atoms with van der Waals surface area (Å²) in [5.74, 6) is 0.552. The molecule has 29 heavy (non-hydrogen) atoms. The Morgan fingerprint density at radius 1 is 1.21 bits per heavy atom. The SMILES string of the molecule is CC(C)CN[C@@H]1CCC[C@H]1Oc1ccc2c(c1)CN(C1CCC(=O)NC1=O)C2=O. The van der Waals surface area contributed by atoms with Crippen molar-refractivity contribution in [3.8, 4) is 5.75 Å². The Hall–Kier alpha value is -2.41. The normalized spacial score (nSPS) is 26.8. The van der Waals surface area contributed by atoms with E-state index in [4.69, 9.17) is 4.74 Å². The summed E-state index contributed by atoms with van der Waals surface area (Å²) in [6, 6.07) is 5.34. The van der Waals surface area contributed by atoms with Crippen LogP contribution in [0.25, 0.3) is 0 Å². The van der Waals surface area contributed by atoms with Gasteiger partial charge in [0.1, 0.15) is 17.9 Å². The highest BCUT2D eigenvalue weighted by molar-refractivity contribution is 6.05. The van der Waals surface area contributed by atoms with Crippen molar-refractivity contribution in [1.29, 1.82) is 0 Å². The molecular formula is C22H29N3O4. The summed E-state index contributed by atoms with van der Waals surface area (Å²) in [6.07, 6.45) is 4.05. The highest BCUT2D eigenvalue weighted by Crippen LogP contribution is 2.32. The van der Waals surface area contributed by atoms with E-state index in [2.05, 4.69) is 24.5 Å². The number of benzene rings is 1. The van der Waals surface area contributed by atoms with Crippen LogP contribution in [0.4, 0.5) is 0 Å². The second-order valence-electron chi connectivity index (χ2n) is 8.71. The fraction of sp³-hybridized carbons (Fsp3) is 0.591. The van der Waals surface area contributed by atoms with Gasteiger partial charge in [0.05, 0.1) is 0 Å². The molecule has 4 rings (SSSR count). The number of ether oxygens (including phenoxy) is 1. The van der Waals surface area contributed by atoms with Gasteiger partial charge in [-0.2, -0.15) is 0 Å². The van der Waals surface area contributed by atoms with Crippen molar-refractivity contribution in [1.82, 2.24) is 15.5 Å². The van der Waals surface area contributed by atoms with Crippen LogP contribution in [-0.2, 0) is 16.1 Å². The van der Waals surface area contributed by atoms with E-state index >= 15 is 0 Å². The van der Waals surface area contributed by atoms with Crippen molar-refractivity contribution < 1.29 is 19.1 Å². The lowest BCUT2D eigenvalue weighted by atomic mass is 10.0. The molecule has 2 aliphatic heterocycles. The molecule has 1 aromatic rings. The van der Waals surface area contributed by atoms with E-state index in [9.17, 15) is 14.4 Å². The minimum absolute atomic E-state index is 0.134. The molecule has 0 bridgehead atoms. The van der Waals surface area contributed by atoms with E-state index in [0.717, 1.165) is 37.1 Å². The lowest BCUT2D eigenvalue weighted by Gasteiger charge is -2.29. The zero-order valence-corrected chi connectivity index (χ0v) is 17.1. The molecule has 7 nitrogen and oxygen atoms in total. The molecule has 0 spiro atoms. The van der Waals surface area contributed by atoms with Gasteiger partial charge in [0.2, 0.25) is 11.8 Å². The molecule has 156 valence electrons. The zero-order chi connectivity index (χ0) is 20.5. The summed E-state index contributed by atoms with van der Waals surface area (Å²) in [7, 11) is 0. The lowest BCUT2D eigenvalue weighted by Crippen LogP contribution is -2.52. The van der Waals surface area contributed by atoms with Crippen molar-refractivity contribution in [3.63, 3.8) is 0 Å². The number of amides is 3. The number of hydrogen-bond donors (Lipinski definition) is 2. The summed E-state index contributed by atoms with van der Waals surface area (Å²) in [4.78, 5) is 37.9. The van der Waals surface area contributed by atoms with E-state index in [1.54, 1.807) is 11.0 Å². The number of carbonyl (C=O) groups is 3. The number of fused-ring (bicyclic) bond motifs is 1. The maximum Gasteiger partial charge on any atom is 0.255 e. The summed E-state index contributed by atoms with van der Waals surface area (Å²) in [5.41, 5.74) is 1.49. The Kier molecular flexibility index (Phi) is 5.58. The van der Waals surface area contributed by atoms with Crippen molar-refractivity contribution in [2.75, 3.05) is 6.54 Å². The van der Waals surface area contributed by atoms with E-state index < -0.39 is 6.04 Å². The van der Waals surface area contributed by atoms with Crippen LogP contribution < -0.4 is 15.4 Å². The maximum atomic E-state index is 12.8. The van der Waals surface area contributed by atoms with Gasteiger partial charge in [-0.05, 0) is 61.9 Å². The first kappa shape index (κ1) is 19.9. The van der Waals surface area contributed by atoms with Gasteiger partial charge >= 0.3 is 0 Å². The molecule has 3 atom stereocenters. The Morgan fingerprint density at radius 3 is 2.79 bits per heavy atom.